The van der Waals surface area contributed by atoms with Crippen molar-refractivity contribution in [3.05, 3.63) is 59.1 Å². The first kappa shape index (κ1) is 21.9. The van der Waals surface area contributed by atoms with Crippen molar-refractivity contribution in [2.45, 2.75) is 24.7 Å². The van der Waals surface area contributed by atoms with Gasteiger partial charge in [-0.1, -0.05) is 35.9 Å². The highest BCUT2D eigenvalue weighted by Crippen LogP contribution is 2.30. The first-order valence-electron chi connectivity index (χ1n) is 10.3. The summed E-state index contributed by atoms with van der Waals surface area (Å²) in [5, 5.41) is 3.40. The van der Waals surface area contributed by atoms with Crippen LogP contribution in [0.25, 0.3) is 0 Å². The van der Waals surface area contributed by atoms with Gasteiger partial charge < -0.3 is 14.8 Å². The standard InChI is InChI=1S/C22H25ClN2O5S/c23-18-7-3-5-16(11-18)15-31(27,28)25-10-4-6-17(13-25)22(26)24-12-19-14-29-20-8-1-2-9-21(20)30-19/h1-3,5,7-9,11,17,19H,4,6,10,12-15H2,(H,24,26)/t17-,19+/m0/s1. The smallest absolute Gasteiger partial charge is 0.224 e. The number of ether oxygens (including phenoxy) is 2. The van der Waals surface area contributed by atoms with Crippen LogP contribution < -0.4 is 14.8 Å². The van der Waals surface area contributed by atoms with Gasteiger partial charge in [-0.2, -0.15) is 0 Å². The average Bonchev–Trinajstić information content (AvgIpc) is 2.77. The molecule has 9 heteroatoms. The number of fused-ring (bicyclic) bond motifs is 1. The number of hydrogen-bond acceptors (Lipinski definition) is 5. The number of hydrogen-bond donors (Lipinski definition) is 1. The fourth-order valence-electron chi connectivity index (χ4n) is 3.86. The Morgan fingerprint density at radius 2 is 1.97 bits per heavy atom. The minimum absolute atomic E-state index is 0.130. The van der Waals surface area contributed by atoms with Crippen LogP contribution in [0.2, 0.25) is 5.02 Å². The van der Waals surface area contributed by atoms with Gasteiger partial charge in [0.2, 0.25) is 15.9 Å². The van der Waals surface area contributed by atoms with Crippen LogP contribution in [-0.2, 0) is 20.6 Å². The van der Waals surface area contributed by atoms with Gasteiger partial charge in [0.1, 0.15) is 12.7 Å². The summed E-state index contributed by atoms with van der Waals surface area (Å²) in [6.07, 6.45) is 1.01. The molecule has 2 atom stereocenters. The molecule has 0 aromatic heterocycles. The predicted molar refractivity (Wildman–Crippen MR) is 118 cm³/mol. The number of nitrogens with zero attached hydrogens (tertiary/aromatic N) is 1. The van der Waals surface area contributed by atoms with Crippen molar-refractivity contribution in [2.75, 3.05) is 26.2 Å². The molecule has 7 nitrogen and oxygen atoms in total. The van der Waals surface area contributed by atoms with E-state index in [1.165, 1.54) is 4.31 Å². The zero-order valence-electron chi connectivity index (χ0n) is 17.0. The highest BCUT2D eigenvalue weighted by atomic mass is 35.5. The Bertz CT molecular complexity index is 1050. The second kappa shape index (κ2) is 9.46. The van der Waals surface area contributed by atoms with Crippen LogP contribution in [-0.4, -0.2) is 51.0 Å². The normalized spacial score (nSPS) is 21.5. The van der Waals surface area contributed by atoms with Crippen molar-refractivity contribution in [1.82, 2.24) is 9.62 Å². The molecule has 0 radical (unpaired) electrons. The number of nitrogens with one attached hydrogen (secondary N) is 1. The summed E-state index contributed by atoms with van der Waals surface area (Å²) < 4.78 is 38.7. The molecule has 0 saturated carbocycles. The maximum atomic E-state index is 12.9. The van der Waals surface area contributed by atoms with Crippen molar-refractivity contribution in [2.24, 2.45) is 5.92 Å². The highest BCUT2D eigenvalue weighted by Gasteiger charge is 2.33. The summed E-state index contributed by atoms with van der Waals surface area (Å²) >= 11 is 5.97. The average molecular weight is 465 g/mol. The highest BCUT2D eigenvalue weighted by molar-refractivity contribution is 7.88. The zero-order valence-corrected chi connectivity index (χ0v) is 18.6. The second-order valence-electron chi connectivity index (χ2n) is 7.83. The summed E-state index contributed by atoms with van der Waals surface area (Å²) in [4.78, 5) is 12.7. The fourth-order valence-corrected chi connectivity index (χ4v) is 5.67. The third kappa shape index (κ3) is 5.50. The van der Waals surface area contributed by atoms with Gasteiger partial charge in [-0.15, -0.1) is 0 Å². The predicted octanol–water partition coefficient (Wildman–Crippen LogP) is 2.84. The number of rotatable bonds is 6. The quantitative estimate of drug-likeness (QED) is 0.710. The van der Waals surface area contributed by atoms with Crippen molar-refractivity contribution >= 4 is 27.5 Å². The van der Waals surface area contributed by atoms with Crippen molar-refractivity contribution in [1.29, 1.82) is 0 Å². The van der Waals surface area contributed by atoms with Crippen LogP contribution in [0.3, 0.4) is 0 Å². The second-order valence-corrected chi connectivity index (χ2v) is 10.2. The number of benzene rings is 2. The number of sulfonamides is 1. The lowest BCUT2D eigenvalue weighted by molar-refractivity contribution is -0.126. The molecular weight excluding hydrogens is 440 g/mol. The van der Waals surface area contributed by atoms with Gasteiger partial charge in [-0.25, -0.2) is 12.7 Å². The molecule has 2 aliphatic rings. The summed E-state index contributed by atoms with van der Waals surface area (Å²) in [6.45, 7) is 1.25. The minimum atomic E-state index is -3.54. The Morgan fingerprint density at radius 3 is 2.77 bits per heavy atom. The SMILES string of the molecule is O=C(NC[C@@H]1COc2ccccc2O1)[C@H]1CCCN(S(=O)(=O)Cc2cccc(Cl)c2)C1. The Morgan fingerprint density at radius 1 is 1.16 bits per heavy atom. The van der Waals surface area contributed by atoms with E-state index in [2.05, 4.69) is 5.32 Å². The number of piperidine rings is 1. The number of halogens is 1. The lowest BCUT2D eigenvalue weighted by atomic mass is 9.99. The Balaban J connectivity index is 1.31. The lowest BCUT2D eigenvalue weighted by Crippen LogP contribution is -2.48. The van der Waals surface area contributed by atoms with E-state index in [0.29, 0.717) is 54.6 Å². The van der Waals surface area contributed by atoms with Crippen LogP contribution in [0.15, 0.2) is 48.5 Å². The van der Waals surface area contributed by atoms with E-state index >= 15 is 0 Å². The van der Waals surface area contributed by atoms with Crippen molar-refractivity contribution in [3.63, 3.8) is 0 Å². The van der Waals surface area contributed by atoms with Crippen LogP contribution in [0.5, 0.6) is 11.5 Å². The molecule has 0 bridgehead atoms. The molecule has 1 N–H and O–H groups in total. The maximum Gasteiger partial charge on any atom is 0.224 e. The molecule has 4 rings (SSSR count). The van der Waals surface area contributed by atoms with Crippen molar-refractivity contribution in [3.8, 4) is 11.5 Å². The monoisotopic (exact) mass is 464 g/mol. The van der Waals surface area contributed by atoms with Gasteiger partial charge in [0, 0.05) is 18.1 Å². The van der Waals surface area contributed by atoms with Gasteiger partial charge in [0.25, 0.3) is 0 Å². The third-order valence-electron chi connectivity index (χ3n) is 5.46. The molecule has 0 spiro atoms. The summed E-state index contributed by atoms with van der Waals surface area (Å²) in [7, 11) is -3.54. The van der Waals surface area contributed by atoms with Gasteiger partial charge in [0.05, 0.1) is 18.2 Å². The molecule has 1 amide bonds. The summed E-state index contributed by atoms with van der Waals surface area (Å²) in [5.74, 6) is 0.667. The topological polar surface area (TPSA) is 84.9 Å². The van der Waals surface area contributed by atoms with E-state index < -0.39 is 10.0 Å². The Labute approximate surface area is 187 Å². The largest absolute Gasteiger partial charge is 0.486 e. The Kier molecular flexibility index (Phi) is 6.69. The molecule has 2 aromatic carbocycles. The lowest BCUT2D eigenvalue weighted by Gasteiger charge is -2.32. The van der Waals surface area contributed by atoms with Crippen molar-refractivity contribution < 1.29 is 22.7 Å². The van der Waals surface area contributed by atoms with Crippen LogP contribution >= 0.6 is 11.6 Å². The number of carbonyl (C=O) groups excluding carboxylic acids is 1. The number of para-hydroxylation sites is 2. The van der Waals surface area contributed by atoms with E-state index in [9.17, 15) is 13.2 Å². The van der Waals surface area contributed by atoms with E-state index in [0.717, 1.165) is 0 Å². The van der Waals surface area contributed by atoms with Gasteiger partial charge in [-0.05, 0) is 42.7 Å². The van der Waals surface area contributed by atoms with Crippen LogP contribution in [0, 0.1) is 5.92 Å². The minimum Gasteiger partial charge on any atom is -0.486 e. The molecule has 1 fully saturated rings. The third-order valence-corrected chi connectivity index (χ3v) is 7.51. The summed E-state index contributed by atoms with van der Waals surface area (Å²) in [5.41, 5.74) is 0.633. The van der Waals surface area contributed by atoms with Crippen LogP contribution in [0.4, 0.5) is 0 Å². The molecule has 166 valence electrons. The van der Waals surface area contributed by atoms with E-state index in [1.807, 2.05) is 24.3 Å². The van der Waals surface area contributed by atoms with E-state index in [4.69, 9.17) is 21.1 Å². The molecule has 31 heavy (non-hydrogen) atoms. The van der Waals surface area contributed by atoms with Gasteiger partial charge in [0.15, 0.2) is 11.5 Å². The van der Waals surface area contributed by atoms with E-state index in [1.54, 1.807) is 24.3 Å². The molecule has 0 aliphatic carbocycles. The zero-order chi connectivity index (χ0) is 21.8. The number of amides is 1. The first-order chi connectivity index (χ1) is 14.9. The summed E-state index contributed by atoms with van der Waals surface area (Å²) in [6, 6.07) is 14.2. The maximum absolute atomic E-state index is 12.9. The van der Waals surface area contributed by atoms with Gasteiger partial charge in [-0.3, -0.25) is 4.79 Å². The Hall–Kier alpha value is -2.29. The van der Waals surface area contributed by atoms with E-state index in [-0.39, 0.29) is 30.2 Å². The van der Waals surface area contributed by atoms with Crippen LogP contribution in [0.1, 0.15) is 18.4 Å². The molecule has 0 unspecified atom stereocenters. The fraction of sp³-hybridized carbons (Fsp3) is 0.409. The molecule has 1 saturated heterocycles. The molecule has 2 aromatic rings. The first-order valence-corrected chi connectivity index (χ1v) is 12.3. The molecule has 2 aliphatic heterocycles. The van der Waals surface area contributed by atoms with Gasteiger partial charge >= 0.3 is 0 Å². The number of carbonyl (C=O) groups is 1. The molecular formula is C22H25ClN2O5S. The molecule has 2 heterocycles.